The number of rotatable bonds is 11. The van der Waals surface area contributed by atoms with Crippen molar-refractivity contribution in [2.24, 2.45) is 11.7 Å². The van der Waals surface area contributed by atoms with Crippen LogP contribution in [0.2, 0.25) is 0 Å². The molecule has 2 heterocycles. The maximum absolute atomic E-state index is 15.2. The molecular weight excluding hydrogens is 469 g/mol. The normalized spacial score (nSPS) is 18.4. The second-order valence-electron chi connectivity index (χ2n) is 8.28. The number of anilines is 2. The number of carbonyl (C=O) groups excluding carboxylic acids is 1. The molecule has 4 N–H and O–H groups in total. The minimum absolute atomic E-state index is 0.00752. The summed E-state index contributed by atoms with van der Waals surface area (Å²) in [4.78, 5) is 22.4. The van der Waals surface area contributed by atoms with E-state index in [1.54, 1.807) is 22.9 Å². The van der Waals surface area contributed by atoms with Gasteiger partial charge in [0.1, 0.15) is 6.33 Å². The number of primary amides is 1. The summed E-state index contributed by atoms with van der Waals surface area (Å²) in [6.07, 6.45) is 1.13. The van der Waals surface area contributed by atoms with Gasteiger partial charge in [0, 0.05) is 32.6 Å². The zero-order valence-electron chi connectivity index (χ0n) is 19.5. The number of alkyl halides is 2. The summed E-state index contributed by atoms with van der Waals surface area (Å²) in [5, 5.41) is 13.3. The number of ether oxygens (including phenoxy) is 2. The van der Waals surface area contributed by atoms with Crippen LogP contribution in [0.25, 0.3) is 0 Å². The van der Waals surface area contributed by atoms with E-state index in [4.69, 9.17) is 10.5 Å². The standard InChI is InChI=1S/C22H29F3N6O4/c1-30(9-13-3-4-16(35-22(24)25)17(7-13)34-2)21-19(23)20(28-12-29-21)27-8-14-5-6-31(10-15(14)32)11-18(26)33/h3-4,7,12,14-15,22,32H,5-6,8-11H2,1-2H3,(H2,26,33)(H,27,28,29). The van der Waals surface area contributed by atoms with E-state index in [-0.39, 0.29) is 48.7 Å². The predicted octanol–water partition coefficient (Wildman–Crippen LogP) is 1.44. The Morgan fingerprint density at radius 1 is 1.37 bits per heavy atom. The van der Waals surface area contributed by atoms with E-state index in [0.717, 1.165) is 0 Å². The molecule has 1 fully saturated rings. The zero-order valence-corrected chi connectivity index (χ0v) is 19.5. The number of aliphatic hydroxyl groups is 1. The summed E-state index contributed by atoms with van der Waals surface area (Å²) in [6, 6.07) is 4.46. The molecule has 2 aromatic rings. The van der Waals surface area contributed by atoms with Gasteiger partial charge in [-0.3, -0.25) is 9.69 Å². The van der Waals surface area contributed by atoms with E-state index < -0.39 is 24.4 Å². The third kappa shape index (κ3) is 7.09. The van der Waals surface area contributed by atoms with Crippen LogP contribution in [0.3, 0.4) is 0 Å². The Morgan fingerprint density at radius 2 is 2.14 bits per heavy atom. The Bertz CT molecular complexity index is 1020. The van der Waals surface area contributed by atoms with Crippen molar-refractivity contribution in [3.05, 3.63) is 35.9 Å². The van der Waals surface area contributed by atoms with Crippen molar-refractivity contribution < 1.29 is 32.5 Å². The highest BCUT2D eigenvalue weighted by Crippen LogP contribution is 2.31. The second kappa shape index (κ2) is 11.9. The Morgan fingerprint density at radius 3 is 2.80 bits per heavy atom. The van der Waals surface area contributed by atoms with Gasteiger partial charge in [0.05, 0.1) is 19.8 Å². The largest absolute Gasteiger partial charge is 0.493 e. The van der Waals surface area contributed by atoms with Crippen LogP contribution in [-0.4, -0.2) is 78.9 Å². The summed E-state index contributed by atoms with van der Waals surface area (Å²) >= 11 is 0. The maximum Gasteiger partial charge on any atom is 0.387 e. The van der Waals surface area contributed by atoms with Crippen molar-refractivity contribution in [1.82, 2.24) is 14.9 Å². The topological polar surface area (TPSA) is 126 Å². The summed E-state index contributed by atoms with van der Waals surface area (Å²) in [5.41, 5.74) is 5.86. The number of amides is 1. The lowest BCUT2D eigenvalue weighted by molar-refractivity contribution is -0.120. The summed E-state index contributed by atoms with van der Waals surface area (Å²) < 4.78 is 49.8. The van der Waals surface area contributed by atoms with Gasteiger partial charge in [-0.25, -0.2) is 9.97 Å². The zero-order chi connectivity index (χ0) is 25.5. The van der Waals surface area contributed by atoms with Crippen LogP contribution >= 0.6 is 0 Å². The van der Waals surface area contributed by atoms with E-state index >= 15 is 4.39 Å². The quantitative estimate of drug-likeness (QED) is 0.422. The van der Waals surface area contributed by atoms with Crippen molar-refractivity contribution in [3.63, 3.8) is 0 Å². The summed E-state index contributed by atoms with van der Waals surface area (Å²) in [6.45, 7) is -1.51. The van der Waals surface area contributed by atoms with E-state index in [1.165, 1.54) is 25.6 Å². The molecule has 0 saturated carbocycles. The molecule has 3 rings (SSSR count). The van der Waals surface area contributed by atoms with Gasteiger partial charge in [-0.05, 0) is 30.7 Å². The molecule has 0 spiro atoms. The molecule has 0 aliphatic carbocycles. The van der Waals surface area contributed by atoms with Crippen molar-refractivity contribution in [2.75, 3.05) is 50.6 Å². The molecule has 1 aromatic heterocycles. The number of β-amino-alcohol motifs (C(OH)–C–C–N with tert-alkyl or cyclic N) is 1. The molecule has 35 heavy (non-hydrogen) atoms. The fraction of sp³-hybridized carbons (Fsp3) is 0.500. The molecule has 1 aliphatic rings. The van der Waals surface area contributed by atoms with Gasteiger partial charge in [0.15, 0.2) is 23.1 Å². The molecule has 1 amide bonds. The van der Waals surface area contributed by atoms with Crippen molar-refractivity contribution >= 4 is 17.5 Å². The average molecular weight is 499 g/mol. The van der Waals surface area contributed by atoms with Gasteiger partial charge >= 0.3 is 6.61 Å². The smallest absolute Gasteiger partial charge is 0.387 e. The lowest BCUT2D eigenvalue weighted by Crippen LogP contribution is -2.48. The molecule has 2 atom stereocenters. The molecule has 0 bridgehead atoms. The number of carbonyl (C=O) groups is 1. The van der Waals surface area contributed by atoms with Crippen LogP contribution in [0.15, 0.2) is 24.5 Å². The van der Waals surface area contributed by atoms with Gasteiger partial charge in [-0.15, -0.1) is 0 Å². The average Bonchev–Trinajstić information content (AvgIpc) is 2.79. The molecule has 1 saturated heterocycles. The Labute approximate surface area is 200 Å². The Kier molecular flexibility index (Phi) is 8.93. The van der Waals surface area contributed by atoms with Crippen LogP contribution in [0.4, 0.5) is 24.8 Å². The van der Waals surface area contributed by atoms with Gasteiger partial charge in [-0.2, -0.15) is 13.2 Å². The molecule has 1 aliphatic heterocycles. The minimum atomic E-state index is -2.98. The summed E-state index contributed by atoms with van der Waals surface area (Å²) in [5.74, 6) is -1.22. The van der Waals surface area contributed by atoms with Crippen molar-refractivity contribution in [2.45, 2.75) is 25.7 Å². The van der Waals surface area contributed by atoms with Crippen LogP contribution in [0.1, 0.15) is 12.0 Å². The monoisotopic (exact) mass is 498 g/mol. The van der Waals surface area contributed by atoms with E-state index in [0.29, 0.717) is 25.1 Å². The lowest BCUT2D eigenvalue weighted by Gasteiger charge is -2.35. The number of nitrogens with one attached hydrogen (secondary N) is 1. The number of likely N-dealkylation sites (tertiary alicyclic amines) is 1. The highest BCUT2D eigenvalue weighted by Gasteiger charge is 2.28. The predicted molar refractivity (Wildman–Crippen MR) is 122 cm³/mol. The van der Waals surface area contributed by atoms with Gasteiger partial charge in [-0.1, -0.05) is 6.07 Å². The lowest BCUT2D eigenvalue weighted by atomic mass is 9.94. The first-order valence-corrected chi connectivity index (χ1v) is 10.9. The number of halogens is 3. The molecule has 10 nitrogen and oxygen atoms in total. The number of benzene rings is 1. The van der Waals surface area contributed by atoms with E-state index in [2.05, 4.69) is 20.0 Å². The first-order chi connectivity index (χ1) is 16.7. The number of aromatic nitrogens is 2. The fourth-order valence-electron chi connectivity index (χ4n) is 3.98. The number of nitrogens with two attached hydrogens (primary N) is 1. The van der Waals surface area contributed by atoms with Gasteiger partial charge < -0.3 is 30.5 Å². The number of aliphatic hydroxyl groups excluding tert-OH is 1. The first-order valence-electron chi connectivity index (χ1n) is 10.9. The number of methoxy groups -OCH3 is 1. The first kappa shape index (κ1) is 26.3. The van der Waals surface area contributed by atoms with Crippen LogP contribution in [0.5, 0.6) is 11.5 Å². The SMILES string of the molecule is COc1cc(CN(C)c2ncnc(NCC3CCN(CC(N)=O)CC3O)c2F)ccc1OC(F)F. The third-order valence-electron chi connectivity index (χ3n) is 5.71. The molecule has 192 valence electrons. The van der Waals surface area contributed by atoms with Crippen molar-refractivity contribution in [1.29, 1.82) is 0 Å². The number of nitrogens with zero attached hydrogens (tertiary/aromatic N) is 4. The van der Waals surface area contributed by atoms with E-state index in [1.807, 2.05) is 0 Å². The minimum Gasteiger partial charge on any atom is -0.493 e. The van der Waals surface area contributed by atoms with Gasteiger partial charge in [0.2, 0.25) is 11.7 Å². The Hall–Kier alpha value is -3.32. The number of hydrogen-bond acceptors (Lipinski definition) is 9. The second-order valence-corrected chi connectivity index (χ2v) is 8.28. The third-order valence-corrected chi connectivity index (χ3v) is 5.71. The Balaban J connectivity index is 1.63. The van der Waals surface area contributed by atoms with Crippen LogP contribution in [0, 0.1) is 11.7 Å². The molecule has 13 heteroatoms. The molecule has 1 aromatic carbocycles. The van der Waals surface area contributed by atoms with E-state index in [9.17, 15) is 18.7 Å². The highest BCUT2D eigenvalue weighted by atomic mass is 19.3. The highest BCUT2D eigenvalue weighted by molar-refractivity contribution is 5.75. The molecular formula is C22H29F3N6O4. The maximum atomic E-state index is 15.2. The van der Waals surface area contributed by atoms with Crippen molar-refractivity contribution in [3.8, 4) is 11.5 Å². The molecule has 2 unspecified atom stereocenters. The van der Waals surface area contributed by atoms with Crippen LogP contribution < -0.4 is 25.4 Å². The number of piperidine rings is 1. The fourth-order valence-corrected chi connectivity index (χ4v) is 3.98. The molecule has 0 radical (unpaired) electrons. The van der Waals surface area contributed by atoms with Gasteiger partial charge in [0.25, 0.3) is 0 Å². The number of hydrogen-bond donors (Lipinski definition) is 3. The summed E-state index contributed by atoms with van der Waals surface area (Å²) in [7, 11) is 2.96. The van der Waals surface area contributed by atoms with Crippen LogP contribution in [-0.2, 0) is 11.3 Å².